The molecule has 2 saturated heterocycles. The number of likely N-dealkylation sites (tertiary alicyclic amines) is 2. The number of alkyl halides is 3. The minimum absolute atomic E-state index is 0.187. The van der Waals surface area contributed by atoms with Crippen molar-refractivity contribution in [2.75, 3.05) is 56.7 Å². The molecule has 42 heavy (non-hydrogen) atoms. The van der Waals surface area contributed by atoms with Crippen molar-refractivity contribution in [3.8, 4) is 11.8 Å². The molecule has 3 heterocycles. The predicted molar refractivity (Wildman–Crippen MR) is 162 cm³/mol. The van der Waals surface area contributed by atoms with Crippen LogP contribution in [0.2, 0.25) is 0 Å². The van der Waals surface area contributed by atoms with Crippen LogP contribution in [0.5, 0.6) is 0 Å². The second kappa shape index (κ2) is 12.6. The fraction of sp³-hybridized carbons (Fsp3) is 0.484. The summed E-state index contributed by atoms with van der Waals surface area (Å²) in [5.74, 6) is 5.85. The molecule has 0 spiro atoms. The number of nitrogens with zero attached hydrogens (tertiary/aromatic N) is 3. The lowest BCUT2D eigenvalue weighted by Crippen LogP contribution is -2.48. The van der Waals surface area contributed by atoms with Gasteiger partial charge in [0.2, 0.25) is 0 Å². The highest BCUT2D eigenvalue weighted by atomic mass is 32.2. The molecule has 2 aromatic carbocycles. The standard InChI is InChI=1S/C31H38F3N5O2S/c1-37-17-14-25(15-18-37)38-19-12-24(13-20-38)36-29-6-3-7-30-28(29)21-26(39(30)22-31(32,33)34)5-4-16-35-23-8-10-27(11-9-23)42(2,40)41/h3,6-11,21,24-25,35-36H,12-20,22H2,1-2H3. The van der Waals surface area contributed by atoms with Crippen molar-refractivity contribution in [1.82, 2.24) is 14.4 Å². The van der Waals surface area contributed by atoms with E-state index >= 15 is 0 Å². The van der Waals surface area contributed by atoms with E-state index in [9.17, 15) is 21.6 Å². The zero-order valence-corrected chi connectivity index (χ0v) is 24.9. The molecule has 0 radical (unpaired) electrons. The summed E-state index contributed by atoms with van der Waals surface area (Å²) in [6, 6.07) is 14.4. The Morgan fingerprint density at radius 3 is 2.31 bits per heavy atom. The largest absolute Gasteiger partial charge is 0.406 e. The Morgan fingerprint density at radius 1 is 0.976 bits per heavy atom. The Bertz CT molecular complexity index is 1540. The van der Waals surface area contributed by atoms with Gasteiger partial charge in [-0.2, -0.15) is 13.2 Å². The fourth-order valence-corrected chi connectivity index (χ4v) is 6.58. The van der Waals surface area contributed by atoms with Crippen LogP contribution in [0.1, 0.15) is 31.4 Å². The Balaban J connectivity index is 1.29. The quantitative estimate of drug-likeness (QED) is 0.370. The summed E-state index contributed by atoms with van der Waals surface area (Å²) in [7, 11) is -1.12. The summed E-state index contributed by atoms with van der Waals surface area (Å²) in [5, 5.41) is 7.43. The van der Waals surface area contributed by atoms with Gasteiger partial charge in [0.25, 0.3) is 0 Å². The second-order valence-corrected chi connectivity index (χ2v) is 13.4. The first-order valence-electron chi connectivity index (χ1n) is 14.4. The molecule has 1 aromatic heterocycles. The zero-order valence-electron chi connectivity index (χ0n) is 24.0. The molecule has 2 aliphatic heterocycles. The minimum atomic E-state index is -4.40. The van der Waals surface area contributed by atoms with Gasteiger partial charge in [-0.3, -0.25) is 0 Å². The first-order chi connectivity index (χ1) is 20.0. The molecule has 7 nitrogen and oxygen atoms in total. The third-order valence-corrected chi connectivity index (χ3v) is 9.39. The van der Waals surface area contributed by atoms with Crippen LogP contribution in [0.15, 0.2) is 53.4 Å². The van der Waals surface area contributed by atoms with Gasteiger partial charge < -0.3 is 25.0 Å². The highest BCUT2D eigenvalue weighted by Gasteiger charge is 2.31. The third kappa shape index (κ3) is 7.60. The summed E-state index contributed by atoms with van der Waals surface area (Å²) in [5.41, 5.74) is 2.29. The average molecular weight is 602 g/mol. The van der Waals surface area contributed by atoms with Crippen LogP contribution in [0.4, 0.5) is 24.5 Å². The summed E-state index contributed by atoms with van der Waals surface area (Å²) in [4.78, 5) is 5.20. The van der Waals surface area contributed by atoms with Gasteiger partial charge in [0.15, 0.2) is 9.84 Å². The molecule has 0 bridgehead atoms. The summed E-state index contributed by atoms with van der Waals surface area (Å²) < 4.78 is 65.3. The maximum Gasteiger partial charge on any atom is 0.406 e. The number of piperidine rings is 2. The van der Waals surface area contributed by atoms with Crippen molar-refractivity contribution in [3.63, 3.8) is 0 Å². The van der Waals surface area contributed by atoms with Crippen LogP contribution in [-0.4, -0.2) is 87.1 Å². The third-order valence-electron chi connectivity index (χ3n) is 8.26. The van der Waals surface area contributed by atoms with Crippen molar-refractivity contribution in [3.05, 3.63) is 54.2 Å². The van der Waals surface area contributed by atoms with Crippen molar-refractivity contribution in [2.45, 2.75) is 55.4 Å². The molecule has 0 amide bonds. The van der Waals surface area contributed by atoms with E-state index in [-0.39, 0.29) is 17.5 Å². The number of halogens is 3. The Morgan fingerprint density at radius 2 is 1.67 bits per heavy atom. The van der Waals surface area contributed by atoms with E-state index in [1.54, 1.807) is 30.3 Å². The van der Waals surface area contributed by atoms with Gasteiger partial charge in [0, 0.05) is 48.2 Å². The number of nitrogens with one attached hydrogen (secondary N) is 2. The van der Waals surface area contributed by atoms with Crippen LogP contribution >= 0.6 is 0 Å². The van der Waals surface area contributed by atoms with Gasteiger partial charge in [-0.15, -0.1) is 0 Å². The highest BCUT2D eigenvalue weighted by Crippen LogP contribution is 2.32. The van der Waals surface area contributed by atoms with E-state index in [1.807, 2.05) is 6.07 Å². The zero-order chi connectivity index (χ0) is 29.9. The van der Waals surface area contributed by atoms with E-state index in [0.717, 1.165) is 56.4 Å². The normalized spacial score (nSPS) is 18.1. The summed E-state index contributed by atoms with van der Waals surface area (Å²) in [6.07, 6.45) is 1.14. The van der Waals surface area contributed by atoms with E-state index in [4.69, 9.17) is 0 Å². The maximum atomic E-state index is 13.6. The molecule has 0 aliphatic carbocycles. The SMILES string of the molecule is CN1CCC(N2CCC(Nc3cccc4c3cc(C#CCNc3ccc(S(C)(=O)=O)cc3)n4CC(F)(F)F)CC2)CC1. The van der Waals surface area contributed by atoms with Crippen LogP contribution in [0.3, 0.4) is 0 Å². The van der Waals surface area contributed by atoms with Crippen LogP contribution in [0, 0.1) is 11.8 Å². The average Bonchev–Trinajstić information content (AvgIpc) is 3.28. The molecule has 2 N–H and O–H groups in total. The number of fused-ring (bicyclic) bond motifs is 1. The lowest BCUT2D eigenvalue weighted by molar-refractivity contribution is -0.140. The number of aromatic nitrogens is 1. The topological polar surface area (TPSA) is 69.6 Å². The molecule has 3 aromatic rings. The van der Waals surface area contributed by atoms with E-state index in [2.05, 4.69) is 39.3 Å². The van der Waals surface area contributed by atoms with E-state index < -0.39 is 22.6 Å². The molecular formula is C31H38F3N5O2S. The molecule has 226 valence electrons. The first kappa shape index (κ1) is 30.3. The van der Waals surface area contributed by atoms with Crippen LogP contribution in [0.25, 0.3) is 10.9 Å². The second-order valence-electron chi connectivity index (χ2n) is 11.4. The number of rotatable bonds is 7. The molecule has 0 unspecified atom stereocenters. The Hall–Kier alpha value is -3.20. The van der Waals surface area contributed by atoms with Gasteiger partial charge in [0.05, 0.1) is 22.7 Å². The monoisotopic (exact) mass is 601 g/mol. The number of benzene rings is 2. The first-order valence-corrected chi connectivity index (χ1v) is 16.3. The van der Waals surface area contributed by atoms with Crippen molar-refractivity contribution in [2.24, 2.45) is 0 Å². The summed E-state index contributed by atoms with van der Waals surface area (Å²) in [6.45, 7) is 3.39. The molecule has 2 fully saturated rings. The molecule has 5 rings (SSSR count). The van der Waals surface area contributed by atoms with Crippen LogP contribution in [-0.2, 0) is 16.4 Å². The van der Waals surface area contributed by atoms with Gasteiger partial charge in [-0.25, -0.2) is 8.42 Å². The van der Waals surface area contributed by atoms with Crippen molar-refractivity contribution < 1.29 is 21.6 Å². The summed E-state index contributed by atoms with van der Waals surface area (Å²) >= 11 is 0. The molecule has 11 heteroatoms. The Kier molecular flexibility index (Phi) is 9.06. The molecular weight excluding hydrogens is 563 g/mol. The number of anilines is 2. The highest BCUT2D eigenvalue weighted by molar-refractivity contribution is 7.90. The number of hydrogen-bond acceptors (Lipinski definition) is 6. The number of hydrogen-bond donors (Lipinski definition) is 2. The smallest absolute Gasteiger partial charge is 0.382 e. The van der Waals surface area contributed by atoms with Crippen molar-refractivity contribution in [1.29, 1.82) is 0 Å². The number of sulfone groups is 1. The molecule has 0 saturated carbocycles. The van der Waals surface area contributed by atoms with Gasteiger partial charge >= 0.3 is 6.18 Å². The predicted octanol–water partition coefficient (Wildman–Crippen LogP) is 5.04. The van der Waals surface area contributed by atoms with Gasteiger partial charge in [-0.05, 0) is 94.2 Å². The van der Waals surface area contributed by atoms with Crippen LogP contribution < -0.4 is 10.6 Å². The minimum Gasteiger partial charge on any atom is -0.382 e. The van der Waals surface area contributed by atoms with E-state index in [1.165, 1.54) is 29.5 Å². The van der Waals surface area contributed by atoms with E-state index in [0.29, 0.717) is 22.9 Å². The molecule has 2 aliphatic rings. The lowest BCUT2D eigenvalue weighted by Gasteiger charge is -2.41. The maximum absolute atomic E-state index is 13.6. The lowest BCUT2D eigenvalue weighted by atomic mass is 9.97. The Labute approximate surface area is 246 Å². The van der Waals surface area contributed by atoms with Gasteiger partial charge in [0.1, 0.15) is 6.54 Å². The molecule has 0 atom stereocenters. The van der Waals surface area contributed by atoms with Gasteiger partial charge in [-0.1, -0.05) is 12.0 Å². The fourth-order valence-electron chi connectivity index (χ4n) is 5.95. The van der Waals surface area contributed by atoms with Crippen molar-refractivity contribution >= 4 is 32.1 Å².